The number of nitrogens with one attached hydrogen (secondary N) is 1. The van der Waals surface area contributed by atoms with Crippen LogP contribution in [0.2, 0.25) is 0 Å². The van der Waals surface area contributed by atoms with Gasteiger partial charge in [0.1, 0.15) is 0 Å². The molecule has 118 valence electrons. The van der Waals surface area contributed by atoms with E-state index in [0.29, 0.717) is 0 Å². The van der Waals surface area contributed by atoms with Crippen LogP contribution in [0.1, 0.15) is 44.2 Å². The van der Waals surface area contributed by atoms with Gasteiger partial charge in [0.2, 0.25) is 10.0 Å². The van der Waals surface area contributed by atoms with Gasteiger partial charge in [0.05, 0.1) is 11.0 Å². The Morgan fingerprint density at radius 1 is 1.43 bits per heavy atom. The summed E-state index contributed by atoms with van der Waals surface area (Å²) in [5.41, 5.74) is 0.944. The molecular formula is C15H24N2O3S. The topological polar surface area (TPSA) is 81.4 Å². The molecule has 2 rings (SSSR count). The van der Waals surface area contributed by atoms with Gasteiger partial charge in [-0.2, -0.15) is 0 Å². The largest absolute Gasteiger partial charge is 0.377 e. The van der Waals surface area contributed by atoms with Crippen LogP contribution in [-0.4, -0.2) is 27.7 Å². The molecule has 2 unspecified atom stereocenters. The minimum absolute atomic E-state index is 0.109. The van der Waals surface area contributed by atoms with Crippen LogP contribution in [0.3, 0.4) is 0 Å². The first-order chi connectivity index (χ1) is 10.0. The van der Waals surface area contributed by atoms with E-state index < -0.39 is 10.0 Å². The predicted octanol–water partition coefficient (Wildman–Crippen LogP) is 1.94. The highest BCUT2D eigenvalue weighted by molar-refractivity contribution is 7.89. The summed E-state index contributed by atoms with van der Waals surface area (Å²) in [6.07, 6.45) is 4.57. The van der Waals surface area contributed by atoms with E-state index in [1.807, 2.05) is 6.07 Å². The summed E-state index contributed by atoms with van der Waals surface area (Å²) in [6, 6.07) is 6.94. The van der Waals surface area contributed by atoms with Gasteiger partial charge < -0.3 is 10.1 Å². The fraction of sp³-hybridized carbons (Fsp3) is 0.600. The second-order valence-corrected chi connectivity index (χ2v) is 7.04. The normalized spacial score (nSPS) is 21.1. The molecule has 21 heavy (non-hydrogen) atoms. The Kier molecular flexibility index (Phi) is 5.75. The third-order valence-electron chi connectivity index (χ3n) is 3.86. The molecule has 0 saturated carbocycles. The van der Waals surface area contributed by atoms with Crippen molar-refractivity contribution in [1.29, 1.82) is 0 Å². The maximum atomic E-state index is 11.4. The summed E-state index contributed by atoms with van der Waals surface area (Å²) in [5, 5.41) is 8.66. The zero-order valence-electron chi connectivity index (χ0n) is 12.4. The van der Waals surface area contributed by atoms with E-state index in [1.165, 1.54) is 12.5 Å². The molecule has 0 aliphatic carbocycles. The molecule has 1 saturated heterocycles. The summed E-state index contributed by atoms with van der Waals surface area (Å²) in [6.45, 7) is 3.70. The molecule has 0 spiro atoms. The molecule has 0 bridgehead atoms. The van der Waals surface area contributed by atoms with Gasteiger partial charge in [-0.3, -0.25) is 0 Å². The molecular weight excluding hydrogens is 288 g/mol. The standard InChI is InChI=1S/C15H24N2O3S/c1-2-15(17-11-13-7-3-4-9-20-13)12-6-5-8-14(10-12)21(16,18)19/h5-6,8,10,13,15,17H,2-4,7,9,11H2,1H3,(H2,16,18,19). The Morgan fingerprint density at radius 2 is 2.24 bits per heavy atom. The lowest BCUT2D eigenvalue weighted by atomic mass is 10.0. The quantitative estimate of drug-likeness (QED) is 0.841. The van der Waals surface area contributed by atoms with E-state index in [-0.39, 0.29) is 17.0 Å². The first-order valence-corrected chi connectivity index (χ1v) is 9.03. The summed E-state index contributed by atoms with van der Waals surface area (Å²) in [7, 11) is -3.65. The summed E-state index contributed by atoms with van der Waals surface area (Å²) >= 11 is 0. The molecule has 1 aromatic carbocycles. The van der Waals surface area contributed by atoms with Gasteiger partial charge in [0, 0.05) is 19.2 Å². The fourth-order valence-electron chi connectivity index (χ4n) is 2.65. The molecule has 1 heterocycles. The zero-order chi connectivity index (χ0) is 15.3. The van der Waals surface area contributed by atoms with Gasteiger partial charge in [0.15, 0.2) is 0 Å². The van der Waals surface area contributed by atoms with E-state index in [2.05, 4.69) is 12.2 Å². The number of hydrogen-bond donors (Lipinski definition) is 2. The second kappa shape index (κ2) is 7.35. The van der Waals surface area contributed by atoms with Crippen molar-refractivity contribution in [2.45, 2.75) is 49.6 Å². The minimum atomic E-state index is -3.65. The van der Waals surface area contributed by atoms with E-state index >= 15 is 0 Å². The maximum Gasteiger partial charge on any atom is 0.238 e. The lowest BCUT2D eigenvalue weighted by Gasteiger charge is -2.26. The van der Waals surface area contributed by atoms with Gasteiger partial charge in [-0.05, 0) is 43.4 Å². The number of rotatable bonds is 6. The Bertz CT molecular complexity index is 554. The summed E-state index contributed by atoms with van der Waals surface area (Å²) < 4.78 is 28.6. The van der Waals surface area contributed by atoms with Crippen molar-refractivity contribution >= 4 is 10.0 Å². The predicted molar refractivity (Wildman–Crippen MR) is 82.4 cm³/mol. The fourth-order valence-corrected chi connectivity index (χ4v) is 3.22. The van der Waals surface area contributed by atoms with Crippen LogP contribution in [-0.2, 0) is 14.8 Å². The van der Waals surface area contributed by atoms with E-state index in [1.54, 1.807) is 12.1 Å². The number of nitrogens with two attached hydrogens (primary N) is 1. The highest BCUT2D eigenvalue weighted by atomic mass is 32.2. The van der Waals surface area contributed by atoms with Crippen molar-refractivity contribution in [2.75, 3.05) is 13.2 Å². The van der Waals surface area contributed by atoms with Crippen LogP contribution in [0.5, 0.6) is 0 Å². The first kappa shape index (κ1) is 16.4. The Hall–Kier alpha value is -0.950. The Balaban J connectivity index is 2.03. The average Bonchev–Trinajstić information content (AvgIpc) is 2.48. The van der Waals surface area contributed by atoms with E-state index in [0.717, 1.165) is 38.0 Å². The molecule has 1 aliphatic heterocycles. The zero-order valence-corrected chi connectivity index (χ0v) is 13.2. The molecule has 1 fully saturated rings. The second-order valence-electron chi connectivity index (χ2n) is 5.48. The van der Waals surface area contributed by atoms with Gasteiger partial charge in [0.25, 0.3) is 0 Å². The highest BCUT2D eigenvalue weighted by Crippen LogP contribution is 2.20. The van der Waals surface area contributed by atoms with Gasteiger partial charge in [-0.1, -0.05) is 19.1 Å². The number of benzene rings is 1. The van der Waals surface area contributed by atoms with E-state index in [9.17, 15) is 8.42 Å². The Labute approximate surface area is 126 Å². The molecule has 0 amide bonds. The molecule has 0 radical (unpaired) electrons. The maximum absolute atomic E-state index is 11.4. The first-order valence-electron chi connectivity index (χ1n) is 7.48. The molecule has 0 aromatic heterocycles. The van der Waals surface area contributed by atoms with Crippen molar-refractivity contribution in [3.05, 3.63) is 29.8 Å². The average molecular weight is 312 g/mol. The lowest BCUT2D eigenvalue weighted by Crippen LogP contribution is -2.34. The molecule has 2 atom stereocenters. The third kappa shape index (κ3) is 4.78. The number of ether oxygens (including phenoxy) is 1. The van der Waals surface area contributed by atoms with Gasteiger partial charge >= 0.3 is 0 Å². The minimum Gasteiger partial charge on any atom is -0.377 e. The molecule has 1 aliphatic rings. The SMILES string of the molecule is CCC(NCC1CCCCO1)c1cccc(S(N)(=O)=O)c1. The van der Waals surface area contributed by atoms with Crippen LogP contribution in [0.25, 0.3) is 0 Å². The number of hydrogen-bond acceptors (Lipinski definition) is 4. The number of sulfonamides is 1. The highest BCUT2D eigenvalue weighted by Gasteiger charge is 2.17. The van der Waals surface area contributed by atoms with Crippen molar-refractivity contribution < 1.29 is 13.2 Å². The molecule has 1 aromatic rings. The van der Waals surface area contributed by atoms with Crippen molar-refractivity contribution in [3.8, 4) is 0 Å². The monoisotopic (exact) mass is 312 g/mol. The van der Waals surface area contributed by atoms with Crippen LogP contribution in [0.4, 0.5) is 0 Å². The van der Waals surface area contributed by atoms with Crippen LogP contribution in [0.15, 0.2) is 29.2 Å². The van der Waals surface area contributed by atoms with Crippen molar-refractivity contribution in [1.82, 2.24) is 5.32 Å². The van der Waals surface area contributed by atoms with Crippen LogP contribution >= 0.6 is 0 Å². The van der Waals surface area contributed by atoms with Crippen LogP contribution in [0, 0.1) is 0 Å². The summed E-state index contributed by atoms with van der Waals surface area (Å²) in [4.78, 5) is 0.161. The Morgan fingerprint density at radius 3 is 2.86 bits per heavy atom. The van der Waals surface area contributed by atoms with Gasteiger partial charge in [-0.25, -0.2) is 13.6 Å². The summed E-state index contributed by atoms with van der Waals surface area (Å²) in [5.74, 6) is 0. The van der Waals surface area contributed by atoms with Crippen molar-refractivity contribution in [3.63, 3.8) is 0 Å². The van der Waals surface area contributed by atoms with E-state index in [4.69, 9.17) is 9.88 Å². The lowest BCUT2D eigenvalue weighted by molar-refractivity contribution is 0.0152. The van der Waals surface area contributed by atoms with Gasteiger partial charge in [-0.15, -0.1) is 0 Å². The van der Waals surface area contributed by atoms with Crippen molar-refractivity contribution in [2.24, 2.45) is 5.14 Å². The number of primary sulfonamides is 1. The van der Waals surface area contributed by atoms with Crippen LogP contribution < -0.4 is 10.5 Å². The molecule has 6 heteroatoms. The smallest absolute Gasteiger partial charge is 0.238 e. The molecule has 3 N–H and O–H groups in total. The third-order valence-corrected chi connectivity index (χ3v) is 4.77. The molecule has 5 nitrogen and oxygen atoms in total.